The predicted molar refractivity (Wildman–Crippen MR) is 120 cm³/mol. The zero-order valence-corrected chi connectivity index (χ0v) is 16.9. The van der Waals surface area contributed by atoms with Crippen molar-refractivity contribution < 1.29 is 9.53 Å². The third kappa shape index (κ3) is 3.83. The Morgan fingerprint density at radius 3 is 2.52 bits per heavy atom. The van der Waals surface area contributed by atoms with E-state index < -0.39 is 5.91 Å². The molecule has 1 aliphatic heterocycles. The third-order valence-corrected chi connectivity index (χ3v) is 5.24. The lowest BCUT2D eigenvalue weighted by Gasteiger charge is -2.14. The van der Waals surface area contributed by atoms with E-state index in [0.717, 1.165) is 28.1 Å². The van der Waals surface area contributed by atoms with Crippen molar-refractivity contribution in [1.82, 2.24) is 9.55 Å². The fraction of sp³-hybridized carbons (Fsp3) is 0.0800. The number of hydrogen-bond donors (Lipinski definition) is 1. The quantitative estimate of drug-likeness (QED) is 0.499. The molecule has 2 aromatic carbocycles. The number of hydrogen-bond acceptors (Lipinski definition) is 4. The molecule has 4 aromatic rings. The lowest BCUT2D eigenvalue weighted by Crippen LogP contribution is -2.12. The van der Waals surface area contributed by atoms with Crippen molar-refractivity contribution in [2.45, 2.75) is 6.04 Å². The van der Waals surface area contributed by atoms with E-state index in [1.807, 2.05) is 68.0 Å². The second-order valence-electron chi connectivity index (χ2n) is 7.40. The lowest BCUT2D eigenvalue weighted by molar-refractivity contribution is 0.0995. The van der Waals surface area contributed by atoms with Gasteiger partial charge in [-0.3, -0.25) is 9.79 Å². The molecule has 1 amide bonds. The van der Waals surface area contributed by atoms with Gasteiger partial charge in [0, 0.05) is 30.6 Å². The highest BCUT2D eigenvalue weighted by Crippen LogP contribution is 2.37. The minimum absolute atomic E-state index is 0.177. The van der Waals surface area contributed by atoms with Gasteiger partial charge in [0.15, 0.2) is 0 Å². The average molecular weight is 408 g/mol. The molecule has 0 saturated heterocycles. The molecular formula is C25H20N4O2. The molecule has 6 heteroatoms. The zero-order valence-electron chi connectivity index (χ0n) is 16.9. The van der Waals surface area contributed by atoms with E-state index in [1.54, 1.807) is 12.1 Å². The molecule has 152 valence electrons. The van der Waals surface area contributed by atoms with Crippen molar-refractivity contribution in [3.63, 3.8) is 0 Å². The second kappa shape index (κ2) is 7.57. The van der Waals surface area contributed by atoms with Gasteiger partial charge in [-0.05, 0) is 66.2 Å². The predicted octanol–water partition coefficient (Wildman–Crippen LogP) is 4.77. The molecule has 31 heavy (non-hydrogen) atoms. The topological polar surface area (TPSA) is 82.5 Å². The van der Waals surface area contributed by atoms with Crippen LogP contribution < -0.4 is 10.5 Å². The first-order valence-corrected chi connectivity index (χ1v) is 9.92. The Hall–Kier alpha value is -4.19. The third-order valence-electron chi connectivity index (χ3n) is 5.24. The van der Waals surface area contributed by atoms with Crippen LogP contribution in [0.4, 0.5) is 0 Å². The van der Waals surface area contributed by atoms with Gasteiger partial charge in [0.05, 0.1) is 11.4 Å². The minimum Gasteiger partial charge on any atom is -0.457 e. The minimum atomic E-state index is -0.546. The largest absolute Gasteiger partial charge is 0.457 e. The molecule has 2 aromatic heterocycles. The normalized spacial score (nSPS) is 14.4. The van der Waals surface area contributed by atoms with Crippen molar-refractivity contribution in [3.8, 4) is 34.0 Å². The van der Waals surface area contributed by atoms with Crippen molar-refractivity contribution >= 4 is 12.1 Å². The number of benzene rings is 2. The highest BCUT2D eigenvalue weighted by atomic mass is 16.5. The van der Waals surface area contributed by atoms with Crippen molar-refractivity contribution in [3.05, 3.63) is 90.3 Å². The number of primary amides is 1. The number of aryl methyl sites for hydroxylation is 1. The fourth-order valence-corrected chi connectivity index (χ4v) is 3.53. The Morgan fingerprint density at radius 2 is 1.84 bits per heavy atom. The van der Waals surface area contributed by atoms with E-state index in [2.05, 4.69) is 26.7 Å². The molecule has 0 spiro atoms. The summed E-state index contributed by atoms with van der Waals surface area (Å²) in [7, 11) is 2.02. The highest BCUT2D eigenvalue weighted by Gasteiger charge is 2.19. The van der Waals surface area contributed by atoms with Crippen LogP contribution in [-0.2, 0) is 7.05 Å². The van der Waals surface area contributed by atoms with Crippen LogP contribution in [0.15, 0.2) is 84.0 Å². The molecular weight excluding hydrogens is 388 g/mol. The average Bonchev–Trinajstić information content (AvgIpc) is 3.55. The number of rotatable bonds is 6. The first-order valence-electron chi connectivity index (χ1n) is 9.92. The molecule has 5 rings (SSSR count). The van der Waals surface area contributed by atoms with Crippen LogP contribution in [0.25, 0.3) is 22.5 Å². The van der Waals surface area contributed by atoms with Crippen molar-refractivity contribution in [2.75, 3.05) is 0 Å². The van der Waals surface area contributed by atoms with Crippen LogP contribution in [0.1, 0.15) is 22.1 Å². The van der Waals surface area contributed by atoms with Crippen molar-refractivity contribution in [1.29, 1.82) is 0 Å². The van der Waals surface area contributed by atoms with E-state index in [-0.39, 0.29) is 11.7 Å². The standard InChI is InChI=1S/C25H20N4O2/c1-29-13-3-6-23(29)19-14-17(22-15-27-22)9-12-24(19)31-18-10-7-16(8-11-18)20-4-2-5-21(28-20)25(26)30/h2-15,22H,1H3,(H2,26,30). The van der Waals surface area contributed by atoms with Gasteiger partial charge < -0.3 is 15.0 Å². The van der Waals surface area contributed by atoms with Crippen LogP contribution in [0.3, 0.4) is 0 Å². The Bertz CT molecular complexity index is 1300. The molecule has 0 fully saturated rings. The van der Waals surface area contributed by atoms with E-state index in [1.165, 1.54) is 0 Å². The van der Waals surface area contributed by atoms with Gasteiger partial charge in [-0.2, -0.15) is 0 Å². The van der Waals surface area contributed by atoms with Crippen LogP contribution >= 0.6 is 0 Å². The Kier molecular flexibility index (Phi) is 4.59. The zero-order chi connectivity index (χ0) is 21.4. The molecule has 6 nitrogen and oxygen atoms in total. The molecule has 1 atom stereocenters. The van der Waals surface area contributed by atoms with Gasteiger partial charge in [-0.1, -0.05) is 12.1 Å². The number of carbonyl (C=O) groups is 1. The SMILES string of the molecule is Cn1cccc1-c1cc(C2C=N2)ccc1Oc1ccc(-c2cccc(C(N)=O)n2)cc1. The van der Waals surface area contributed by atoms with Crippen LogP contribution in [0, 0.1) is 0 Å². The number of aliphatic imine (C=N–C) groups is 1. The summed E-state index contributed by atoms with van der Waals surface area (Å²) in [4.78, 5) is 20.0. The van der Waals surface area contributed by atoms with E-state index in [0.29, 0.717) is 11.4 Å². The molecule has 0 aliphatic carbocycles. The summed E-state index contributed by atoms with van der Waals surface area (Å²) < 4.78 is 8.32. The summed E-state index contributed by atoms with van der Waals surface area (Å²) >= 11 is 0. The lowest BCUT2D eigenvalue weighted by atomic mass is 10.0. The molecule has 0 radical (unpaired) electrons. The van der Waals surface area contributed by atoms with E-state index >= 15 is 0 Å². The Labute approximate surface area is 179 Å². The van der Waals surface area contributed by atoms with Gasteiger partial charge in [0.1, 0.15) is 23.2 Å². The molecule has 2 N–H and O–H groups in total. The number of carbonyl (C=O) groups excluding carboxylic acids is 1. The summed E-state index contributed by atoms with van der Waals surface area (Å²) in [5, 5.41) is 0. The summed E-state index contributed by atoms with van der Waals surface area (Å²) in [6, 6.07) is 23.3. The molecule has 0 saturated carbocycles. The van der Waals surface area contributed by atoms with Crippen molar-refractivity contribution in [2.24, 2.45) is 17.8 Å². The second-order valence-corrected chi connectivity index (χ2v) is 7.40. The first-order chi connectivity index (χ1) is 15.1. The molecule has 3 heterocycles. The fourth-order valence-electron chi connectivity index (χ4n) is 3.53. The summed E-state index contributed by atoms with van der Waals surface area (Å²) in [5.74, 6) is 0.934. The molecule has 0 bridgehead atoms. The van der Waals surface area contributed by atoms with Gasteiger partial charge in [0.25, 0.3) is 5.91 Å². The number of nitrogens with zero attached hydrogens (tertiary/aromatic N) is 3. The van der Waals surface area contributed by atoms with Crippen LogP contribution in [0.5, 0.6) is 11.5 Å². The summed E-state index contributed by atoms with van der Waals surface area (Å²) in [6.07, 6.45) is 3.95. The maximum Gasteiger partial charge on any atom is 0.267 e. The molecule has 1 unspecified atom stereocenters. The van der Waals surface area contributed by atoms with E-state index in [4.69, 9.17) is 10.5 Å². The Morgan fingerprint density at radius 1 is 1.03 bits per heavy atom. The number of aromatic nitrogens is 2. The van der Waals surface area contributed by atoms with E-state index in [9.17, 15) is 4.79 Å². The number of pyridine rings is 1. The summed E-state index contributed by atoms with van der Waals surface area (Å²) in [6.45, 7) is 0. The maximum atomic E-state index is 11.4. The monoisotopic (exact) mass is 408 g/mol. The number of amides is 1. The Balaban J connectivity index is 1.44. The van der Waals surface area contributed by atoms with Gasteiger partial charge in [-0.25, -0.2) is 4.98 Å². The first kappa shape index (κ1) is 18.8. The van der Waals surface area contributed by atoms with Gasteiger partial charge in [-0.15, -0.1) is 0 Å². The maximum absolute atomic E-state index is 11.4. The smallest absolute Gasteiger partial charge is 0.267 e. The molecule has 1 aliphatic rings. The highest BCUT2D eigenvalue weighted by molar-refractivity contribution is 5.91. The van der Waals surface area contributed by atoms with Crippen LogP contribution in [0.2, 0.25) is 0 Å². The summed E-state index contributed by atoms with van der Waals surface area (Å²) in [5.41, 5.74) is 10.4. The number of ether oxygens (including phenoxy) is 1. The van der Waals surface area contributed by atoms with Crippen LogP contribution in [-0.4, -0.2) is 21.7 Å². The van der Waals surface area contributed by atoms with Gasteiger partial charge >= 0.3 is 0 Å². The van der Waals surface area contributed by atoms with Gasteiger partial charge in [0.2, 0.25) is 0 Å². The number of nitrogens with two attached hydrogens (primary N) is 1.